The number of rotatable bonds is 5. The van der Waals surface area contributed by atoms with E-state index in [0.29, 0.717) is 12.0 Å². The van der Waals surface area contributed by atoms with Crippen molar-refractivity contribution in [3.05, 3.63) is 28.8 Å². The van der Waals surface area contributed by atoms with Crippen molar-refractivity contribution in [3.8, 4) is 5.75 Å². The summed E-state index contributed by atoms with van der Waals surface area (Å²) in [7, 11) is 1.79. The summed E-state index contributed by atoms with van der Waals surface area (Å²) < 4.78 is 5.62. The first-order valence-corrected chi connectivity index (χ1v) is 7.41. The number of hydrogen-bond acceptors (Lipinski definition) is 2. The molecule has 1 aromatic carbocycles. The quantitative estimate of drug-likeness (QED) is 0.870. The van der Waals surface area contributed by atoms with Gasteiger partial charge in [0.1, 0.15) is 5.75 Å². The SMILES string of the molecule is COc1cc(C)cc(C)c1C1CCC1CNC(C)C. The summed E-state index contributed by atoms with van der Waals surface area (Å²) in [6.45, 7) is 9.91. The first-order chi connectivity index (χ1) is 9.02. The van der Waals surface area contributed by atoms with Crippen LogP contribution in [0, 0.1) is 19.8 Å². The Hall–Kier alpha value is -1.02. The fourth-order valence-corrected chi connectivity index (χ4v) is 3.16. The highest BCUT2D eigenvalue weighted by Crippen LogP contribution is 2.47. The zero-order valence-corrected chi connectivity index (χ0v) is 12.9. The Morgan fingerprint density at radius 3 is 2.53 bits per heavy atom. The first-order valence-electron chi connectivity index (χ1n) is 7.41. The number of hydrogen-bond donors (Lipinski definition) is 1. The van der Waals surface area contributed by atoms with Gasteiger partial charge in [0.25, 0.3) is 0 Å². The van der Waals surface area contributed by atoms with Crippen molar-refractivity contribution in [3.63, 3.8) is 0 Å². The van der Waals surface area contributed by atoms with Crippen LogP contribution in [0.1, 0.15) is 49.3 Å². The highest BCUT2D eigenvalue weighted by molar-refractivity contribution is 5.46. The number of nitrogens with one attached hydrogen (secondary N) is 1. The van der Waals surface area contributed by atoms with E-state index in [1.54, 1.807) is 7.11 Å². The van der Waals surface area contributed by atoms with Gasteiger partial charge in [0, 0.05) is 11.6 Å². The molecule has 1 aliphatic rings. The highest BCUT2D eigenvalue weighted by Gasteiger charge is 2.34. The third kappa shape index (κ3) is 3.11. The number of benzene rings is 1. The van der Waals surface area contributed by atoms with Gasteiger partial charge in [-0.05, 0) is 62.3 Å². The molecule has 0 radical (unpaired) electrons. The lowest BCUT2D eigenvalue weighted by atomic mass is 9.68. The van der Waals surface area contributed by atoms with E-state index in [0.717, 1.165) is 18.2 Å². The van der Waals surface area contributed by atoms with Crippen molar-refractivity contribution in [1.82, 2.24) is 5.32 Å². The van der Waals surface area contributed by atoms with E-state index in [4.69, 9.17) is 4.74 Å². The average molecular weight is 261 g/mol. The van der Waals surface area contributed by atoms with Gasteiger partial charge < -0.3 is 10.1 Å². The molecule has 0 saturated heterocycles. The van der Waals surface area contributed by atoms with Gasteiger partial charge in [-0.1, -0.05) is 19.9 Å². The average Bonchev–Trinajstić information content (AvgIpc) is 2.30. The van der Waals surface area contributed by atoms with Crippen LogP contribution in [0.25, 0.3) is 0 Å². The topological polar surface area (TPSA) is 21.3 Å². The van der Waals surface area contributed by atoms with Crippen molar-refractivity contribution < 1.29 is 4.74 Å². The normalized spacial score (nSPS) is 22.4. The van der Waals surface area contributed by atoms with Gasteiger partial charge in [-0.2, -0.15) is 0 Å². The van der Waals surface area contributed by atoms with E-state index in [-0.39, 0.29) is 0 Å². The number of aryl methyl sites for hydroxylation is 2. The second-order valence-electron chi connectivity index (χ2n) is 6.20. The maximum absolute atomic E-state index is 5.62. The molecule has 2 rings (SSSR count). The Morgan fingerprint density at radius 2 is 2.00 bits per heavy atom. The van der Waals surface area contributed by atoms with E-state index >= 15 is 0 Å². The van der Waals surface area contributed by atoms with E-state index < -0.39 is 0 Å². The van der Waals surface area contributed by atoms with Crippen molar-refractivity contribution in [1.29, 1.82) is 0 Å². The van der Waals surface area contributed by atoms with Crippen LogP contribution in [-0.4, -0.2) is 19.7 Å². The molecular formula is C17H27NO. The first kappa shape index (κ1) is 14.4. The van der Waals surface area contributed by atoms with Gasteiger partial charge >= 0.3 is 0 Å². The monoisotopic (exact) mass is 261 g/mol. The minimum atomic E-state index is 0.572. The van der Waals surface area contributed by atoms with Crippen LogP contribution in [0.2, 0.25) is 0 Å². The Labute approximate surface area is 117 Å². The summed E-state index contributed by atoms with van der Waals surface area (Å²) in [5, 5.41) is 3.57. The predicted molar refractivity (Wildman–Crippen MR) is 81.1 cm³/mol. The molecular weight excluding hydrogens is 234 g/mol. The Morgan fingerprint density at radius 1 is 1.26 bits per heavy atom. The number of methoxy groups -OCH3 is 1. The van der Waals surface area contributed by atoms with Crippen molar-refractivity contribution in [2.45, 2.75) is 52.5 Å². The molecule has 2 nitrogen and oxygen atoms in total. The zero-order valence-electron chi connectivity index (χ0n) is 12.9. The molecule has 106 valence electrons. The molecule has 2 atom stereocenters. The molecule has 1 fully saturated rings. The largest absolute Gasteiger partial charge is 0.496 e. The summed E-state index contributed by atoms with van der Waals surface area (Å²) >= 11 is 0. The Bertz CT molecular complexity index is 439. The second kappa shape index (κ2) is 5.96. The molecule has 1 N–H and O–H groups in total. The summed E-state index contributed by atoms with van der Waals surface area (Å²) in [5.41, 5.74) is 4.11. The summed E-state index contributed by atoms with van der Waals surface area (Å²) in [6.07, 6.45) is 2.63. The van der Waals surface area contributed by atoms with Gasteiger partial charge in [-0.25, -0.2) is 0 Å². The van der Waals surface area contributed by atoms with Gasteiger partial charge in [0.05, 0.1) is 7.11 Å². The third-order valence-electron chi connectivity index (χ3n) is 4.29. The van der Waals surface area contributed by atoms with E-state index in [1.807, 2.05) is 0 Å². The lowest BCUT2D eigenvalue weighted by Crippen LogP contribution is -2.37. The van der Waals surface area contributed by atoms with Crippen LogP contribution in [-0.2, 0) is 0 Å². The molecule has 0 aromatic heterocycles. The Balaban J connectivity index is 2.17. The molecule has 2 heteroatoms. The van der Waals surface area contributed by atoms with Crippen LogP contribution in [0.5, 0.6) is 5.75 Å². The third-order valence-corrected chi connectivity index (χ3v) is 4.29. The van der Waals surface area contributed by atoms with Gasteiger partial charge in [0.2, 0.25) is 0 Å². The minimum absolute atomic E-state index is 0.572. The van der Waals surface area contributed by atoms with E-state index in [9.17, 15) is 0 Å². The van der Waals surface area contributed by atoms with Gasteiger partial charge in [0.15, 0.2) is 0 Å². The zero-order chi connectivity index (χ0) is 14.0. The van der Waals surface area contributed by atoms with Crippen LogP contribution in [0.15, 0.2) is 12.1 Å². The fourth-order valence-electron chi connectivity index (χ4n) is 3.16. The molecule has 1 saturated carbocycles. The Kier molecular flexibility index (Phi) is 4.51. The summed E-state index contributed by atoms with van der Waals surface area (Å²) in [6, 6.07) is 5.03. The van der Waals surface area contributed by atoms with E-state index in [2.05, 4.69) is 45.1 Å². The van der Waals surface area contributed by atoms with Crippen LogP contribution < -0.4 is 10.1 Å². The second-order valence-corrected chi connectivity index (χ2v) is 6.20. The molecule has 0 amide bonds. The molecule has 0 spiro atoms. The van der Waals surface area contributed by atoms with Gasteiger partial charge in [-0.15, -0.1) is 0 Å². The van der Waals surface area contributed by atoms with Crippen molar-refractivity contribution in [2.75, 3.05) is 13.7 Å². The smallest absolute Gasteiger partial charge is 0.122 e. The maximum Gasteiger partial charge on any atom is 0.122 e. The highest BCUT2D eigenvalue weighted by atomic mass is 16.5. The fraction of sp³-hybridized carbons (Fsp3) is 0.647. The van der Waals surface area contributed by atoms with Crippen molar-refractivity contribution >= 4 is 0 Å². The summed E-state index contributed by atoms with van der Waals surface area (Å²) in [5.74, 6) is 2.51. The van der Waals surface area contributed by atoms with Crippen molar-refractivity contribution in [2.24, 2.45) is 5.92 Å². The number of ether oxygens (including phenoxy) is 1. The van der Waals surface area contributed by atoms with Crippen LogP contribution in [0.4, 0.5) is 0 Å². The summed E-state index contributed by atoms with van der Waals surface area (Å²) in [4.78, 5) is 0. The van der Waals surface area contributed by atoms with Crippen LogP contribution in [0.3, 0.4) is 0 Å². The van der Waals surface area contributed by atoms with Crippen LogP contribution >= 0.6 is 0 Å². The molecule has 0 bridgehead atoms. The lowest BCUT2D eigenvalue weighted by Gasteiger charge is -2.39. The molecule has 0 heterocycles. The standard InChI is InChI=1S/C17H27NO/c1-11(2)18-10-14-6-7-15(14)17-13(4)8-12(3)9-16(17)19-5/h8-9,11,14-15,18H,6-7,10H2,1-5H3. The molecule has 1 aliphatic carbocycles. The molecule has 19 heavy (non-hydrogen) atoms. The molecule has 2 unspecified atom stereocenters. The maximum atomic E-state index is 5.62. The minimum Gasteiger partial charge on any atom is -0.496 e. The van der Waals surface area contributed by atoms with E-state index in [1.165, 1.54) is 29.5 Å². The lowest BCUT2D eigenvalue weighted by molar-refractivity contribution is 0.234. The molecule has 1 aromatic rings. The van der Waals surface area contributed by atoms with Gasteiger partial charge in [-0.3, -0.25) is 0 Å². The predicted octanol–water partition coefficient (Wildman–Crippen LogP) is 3.80. The molecule has 0 aliphatic heterocycles.